The quantitative estimate of drug-likeness (QED) is 0.604. The Balaban J connectivity index is 2.07. The number of hydrogen-bond acceptors (Lipinski definition) is 1. The number of nitrogens with zero attached hydrogens (tertiary/aromatic N) is 2. The number of halogens is 2. The molecular weight excluding hydrogens is 336 g/mol. The number of aromatic nitrogens is 2. The molecule has 0 aliphatic rings. The molecule has 0 amide bonds. The summed E-state index contributed by atoms with van der Waals surface area (Å²) >= 11 is 9.45. The third kappa shape index (κ3) is 2.65. The number of alkyl halides is 1. The summed E-state index contributed by atoms with van der Waals surface area (Å²) in [5.74, 6) is 0. The molecule has 2 nitrogen and oxygen atoms in total. The van der Waals surface area contributed by atoms with Gasteiger partial charge in [-0.3, -0.25) is 0 Å². The maximum atomic E-state index is 5.94. The van der Waals surface area contributed by atoms with Gasteiger partial charge in [0.2, 0.25) is 0 Å². The minimum absolute atomic E-state index is 0.713. The van der Waals surface area contributed by atoms with Crippen LogP contribution in [0, 0.1) is 0 Å². The standard InChI is InChI=1S/C16H12BrClN2/c17-10-16-15(12-6-8-13(18)9-7-12)11-20(19-16)14-4-2-1-3-5-14/h1-9,11H,10H2. The van der Waals surface area contributed by atoms with Crippen molar-refractivity contribution in [3.63, 3.8) is 0 Å². The topological polar surface area (TPSA) is 17.8 Å². The monoisotopic (exact) mass is 346 g/mol. The second-order valence-corrected chi connectivity index (χ2v) is 5.41. The summed E-state index contributed by atoms with van der Waals surface area (Å²) in [6.45, 7) is 0. The highest BCUT2D eigenvalue weighted by Gasteiger charge is 2.10. The highest BCUT2D eigenvalue weighted by molar-refractivity contribution is 9.08. The van der Waals surface area contributed by atoms with Gasteiger partial charge in [-0.25, -0.2) is 4.68 Å². The molecule has 1 heterocycles. The summed E-state index contributed by atoms with van der Waals surface area (Å²) in [7, 11) is 0. The smallest absolute Gasteiger partial charge is 0.0812 e. The first kappa shape index (κ1) is 13.4. The van der Waals surface area contributed by atoms with E-state index < -0.39 is 0 Å². The summed E-state index contributed by atoms with van der Waals surface area (Å²) in [5.41, 5.74) is 4.29. The van der Waals surface area contributed by atoms with E-state index in [0.717, 1.165) is 27.5 Å². The van der Waals surface area contributed by atoms with E-state index in [2.05, 4.69) is 27.2 Å². The minimum Gasteiger partial charge on any atom is -0.240 e. The Morgan fingerprint density at radius 1 is 1.00 bits per heavy atom. The van der Waals surface area contributed by atoms with Crippen LogP contribution in [0.25, 0.3) is 16.8 Å². The average Bonchev–Trinajstić information content (AvgIpc) is 2.93. The Morgan fingerprint density at radius 2 is 1.70 bits per heavy atom. The molecule has 0 fully saturated rings. The maximum absolute atomic E-state index is 5.94. The molecule has 0 saturated carbocycles. The molecule has 0 bridgehead atoms. The molecule has 4 heteroatoms. The Hall–Kier alpha value is -1.58. The van der Waals surface area contributed by atoms with Crippen molar-refractivity contribution in [1.29, 1.82) is 0 Å². The molecule has 0 unspecified atom stereocenters. The summed E-state index contributed by atoms with van der Waals surface area (Å²) in [4.78, 5) is 0. The average molecular weight is 348 g/mol. The predicted octanol–water partition coefficient (Wildman–Crippen LogP) is 5.09. The fourth-order valence-corrected chi connectivity index (χ4v) is 2.63. The number of rotatable bonds is 3. The van der Waals surface area contributed by atoms with Crippen LogP contribution < -0.4 is 0 Å². The molecule has 20 heavy (non-hydrogen) atoms. The van der Waals surface area contributed by atoms with Crippen LogP contribution in [0.15, 0.2) is 60.8 Å². The number of para-hydroxylation sites is 1. The Bertz CT molecular complexity index is 705. The highest BCUT2D eigenvalue weighted by atomic mass is 79.9. The zero-order valence-electron chi connectivity index (χ0n) is 10.6. The van der Waals surface area contributed by atoms with Gasteiger partial charge < -0.3 is 0 Å². The van der Waals surface area contributed by atoms with E-state index in [1.807, 2.05) is 59.3 Å². The van der Waals surface area contributed by atoms with Gasteiger partial charge in [0.15, 0.2) is 0 Å². The lowest BCUT2D eigenvalue weighted by atomic mass is 10.1. The molecule has 3 rings (SSSR count). The number of benzene rings is 2. The first-order chi connectivity index (χ1) is 9.78. The SMILES string of the molecule is Clc1ccc(-c2cn(-c3ccccc3)nc2CBr)cc1. The lowest BCUT2D eigenvalue weighted by Gasteiger charge is -2.00. The van der Waals surface area contributed by atoms with Gasteiger partial charge in [-0.1, -0.05) is 57.9 Å². The van der Waals surface area contributed by atoms with Crippen molar-refractivity contribution < 1.29 is 0 Å². The van der Waals surface area contributed by atoms with Gasteiger partial charge in [0, 0.05) is 22.1 Å². The Labute approximate surface area is 131 Å². The Morgan fingerprint density at radius 3 is 2.35 bits per heavy atom. The van der Waals surface area contributed by atoms with E-state index in [4.69, 9.17) is 11.6 Å². The molecule has 0 radical (unpaired) electrons. The van der Waals surface area contributed by atoms with Gasteiger partial charge in [-0.2, -0.15) is 5.10 Å². The molecule has 0 aliphatic carbocycles. The fraction of sp³-hybridized carbons (Fsp3) is 0.0625. The van der Waals surface area contributed by atoms with Crippen LogP contribution in [0.3, 0.4) is 0 Å². The van der Waals surface area contributed by atoms with Crippen molar-refractivity contribution in [2.45, 2.75) is 5.33 Å². The lowest BCUT2D eigenvalue weighted by Crippen LogP contribution is -1.94. The van der Waals surface area contributed by atoms with Crippen molar-refractivity contribution in [3.8, 4) is 16.8 Å². The minimum atomic E-state index is 0.713. The largest absolute Gasteiger partial charge is 0.240 e. The third-order valence-corrected chi connectivity index (χ3v) is 3.88. The summed E-state index contributed by atoms with van der Waals surface area (Å²) in [6.07, 6.45) is 2.05. The van der Waals surface area contributed by atoms with E-state index in [0.29, 0.717) is 5.33 Å². The van der Waals surface area contributed by atoms with Crippen molar-refractivity contribution in [1.82, 2.24) is 9.78 Å². The zero-order chi connectivity index (χ0) is 13.9. The van der Waals surface area contributed by atoms with Crippen LogP contribution in [0.4, 0.5) is 0 Å². The zero-order valence-corrected chi connectivity index (χ0v) is 13.0. The van der Waals surface area contributed by atoms with E-state index in [9.17, 15) is 0 Å². The normalized spacial score (nSPS) is 10.7. The molecular formula is C16H12BrClN2. The highest BCUT2D eigenvalue weighted by Crippen LogP contribution is 2.27. The van der Waals surface area contributed by atoms with Gasteiger partial charge in [0.1, 0.15) is 0 Å². The van der Waals surface area contributed by atoms with Crippen molar-refractivity contribution in [2.24, 2.45) is 0 Å². The summed E-state index contributed by atoms with van der Waals surface area (Å²) < 4.78 is 1.90. The summed E-state index contributed by atoms with van der Waals surface area (Å²) in [5, 5.41) is 6.09. The van der Waals surface area contributed by atoms with Gasteiger partial charge in [0.25, 0.3) is 0 Å². The van der Waals surface area contributed by atoms with Crippen molar-refractivity contribution in [3.05, 3.63) is 71.5 Å². The molecule has 0 saturated heterocycles. The first-order valence-corrected chi connectivity index (χ1v) is 7.74. The van der Waals surface area contributed by atoms with Crippen LogP contribution in [0.1, 0.15) is 5.69 Å². The van der Waals surface area contributed by atoms with Crippen LogP contribution in [0.5, 0.6) is 0 Å². The van der Waals surface area contributed by atoms with Crippen LogP contribution in [-0.4, -0.2) is 9.78 Å². The second kappa shape index (κ2) is 5.81. The van der Waals surface area contributed by atoms with E-state index in [1.165, 1.54) is 0 Å². The molecule has 1 aromatic heterocycles. The molecule has 2 aromatic carbocycles. The Kier molecular flexibility index (Phi) is 3.90. The van der Waals surface area contributed by atoms with Gasteiger partial charge in [-0.05, 0) is 29.8 Å². The van der Waals surface area contributed by atoms with Gasteiger partial charge in [0.05, 0.1) is 11.4 Å². The molecule has 100 valence electrons. The van der Waals surface area contributed by atoms with Crippen molar-refractivity contribution in [2.75, 3.05) is 0 Å². The third-order valence-electron chi connectivity index (χ3n) is 3.09. The van der Waals surface area contributed by atoms with Crippen LogP contribution in [0.2, 0.25) is 5.02 Å². The van der Waals surface area contributed by atoms with Gasteiger partial charge in [-0.15, -0.1) is 0 Å². The van der Waals surface area contributed by atoms with Crippen LogP contribution >= 0.6 is 27.5 Å². The molecule has 0 N–H and O–H groups in total. The molecule has 0 aliphatic heterocycles. The van der Waals surface area contributed by atoms with Gasteiger partial charge >= 0.3 is 0 Å². The second-order valence-electron chi connectivity index (χ2n) is 4.41. The van der Waals surface area contributed by atoms with E-state index >= 15 is 0 Å². The van der Waals surface area contributed by atoms with E-state index in [1.54, 1.807) is 0 Å². The van der Waals surface area contributed by atoms with Crippen molar-refractivity contribution >= 4 is 27.5 Å². The molecule has 0 atom stereocenters. The molecule has 3 aromatic rings. The lowest BCUT2D eigenvalue weighted by molar-refractivity contribution is 0.860. The maximum Gasteiger partial charge on any atom is 0.0812 e. The first-order valence-electron chi connectivity index (χ1n) is 6.24. The predicted molar refractivity (Wildman–Crippen MR) is 86.6 cm³/mol. The number of hydrogen-bond donors (Lipinski definition) is 0. The van der Waals surface area contributed by atoms with E-state index in [-0.39, 0.29) is 0 Å². The summed E-state index contributed by atoms with van der Waals surface area (Å²) in [6, 6.07) is 17.9. The van der Waals surface area contributed by atoms with Crippen LogP contribution in [-0.2, 0) is 5.33 Å². The molecule has 0 spiro atoms. The fourth-order valence-electron chi connectivity index (χ4n) is 2.09.